The van der Waals surface area contributed by atoms with Crippen molar-refractivity contribution in [1.82, 2.24) is 15.1 Å². The third-order valence-corrected chi connectivity index (χ3v) is 5.82. The Morgan fingerprint density at radius 3 is 2.59 bits per heavy atom. The number of nitrogens with one attached hydrogen (secondary N) is 1. The number of carbonyl (C=O) groups excluding carboxylic acids is 2. The third kappa shape index (κ3) is 4.82. The molecule has 1 aliphatic heterocycles. The highest BCUT2D eigenvalue weighted by Gasteiger charge is 2.34. The van der Waals surface area contributed by atoms with Crippen LogP contribution >= 0.6 is 0 Å². The number of benzene rings is 2. The Hall–Kier alpha value is -3.61. The summed E-state index contributed by atoms with van der Waals surface area (Å²) in [5.74, 6) is 0.316. The average molecular weight is 433 g/mol. The molecule has 1 fully saturated rings. The molecule has 1 atom stereocenters. The van der Waals surface area contributed by atoms with Crippen LogP contribution in [0.1, 0.15) is 24.1 Å². The Kier molecular flexibility index (Phi) is 6.54. The molecule has 7 heteroatoms. The number of aromatic nitrogens is 2. The smallest absolute Gasteiger partial charge is 0.227 e. The third-order valence-electron chi connectivity index (χ3n) is 5.82. The lowest BCUT2D eigenvalue weighted by atomic mass is 10.1. The molecule has 0 radical (unpaired) electrons. The molecule has 3 aromatic rings. The molecule has 7 nitrogen and oxygen atoms in total. The van der Waals surface area contributed by atoms with Gasteiger partial charge in [0, 0.05) is 31.4 Å². The van der Waals surface area contributed by atoms with Crippen molar-refractivity contribution in [3.05, 3.63) is 72.1 Å². The van der Waals surface area contributed by atoms with Crippen LogP contribution in [0, 0.1) is 12.8 Å². The number of hydrogen-bond acceptors (Lipinski definition) is 4. The van der Waals surface area contributed by atoms with Gasteiger partial charge in [0.05, 0.1) is 24.4 Å². The summed E-state index contributed by atoms with van der Waals surface area (Å²) in [6.07, 6.45) is 3.94. The van der Waals surface area contributed by atoms with Crippen LogP contribution in [0.25, 0.3) is 5.69 Å². The van der Waals surface area contributed by atoms with Gasteiger partial charge in [0.25, 0.3) is 0 Å². The van der Waals surface area contributed by atoms with E-state index in [1.54, 1.807) is 12.0 Å². The minimum Gasteiger partial charge on any atom is -0.497 e. The summed E-state index contributed by atoms with van der Waals surface area (Å²) < 4.78 is 7.05. The maximum atomic E-state index is 12.6. The molecule has 0 bridgehead atoms. The molecule has 1 aliphatic rings. The topological polar surface area (TPSA) is 76.5 Å². The van der Waals surface area contributed by atoms with Gasteiger partial charge in [-0.3, -0.25) is 9.59 Å². The van der Waals surface area contributed by atoms with Crippen LogP contribution in [0.4, 0.5) is 5.69 Å². The zero-order valence-electron chi connectivity index (χ0n) is 18.5. The number of hydrogen-bond donors (Lipinski definition) is 1. The van der Waals surface area contributed by atoms with Gasteiger partial charge in [0.15, 0.2) is 0 Å². The molecule has 166 valence electrons. The fourth-order valence-electron chi connectivity index (χ4n) is 3.98. The van der Waals surface area contributed by atoms with Crippen molar-refractivity contribution in [2.75, 3.05) is 25.1 Å². The highest BCUT2D eigenvalue weighted by molar-refractivity contribution is 6.00. The first-order valence-electron chi connectivity index (χ1n) is 10.9. The SMILES string of the molecule is COc1ccc(N2C[C@@H](C(=O)NCCCc3cn(-c4ccccc4)nc3C)CC2=O)cc1. The van der Waals surface area contributed by atoms with E-state index >= 15 is 0 Å². The van der Waals surface area contributed by atoms with Crippen LogP contribution in [-0.4, -0.2) is 41.8 Å². The average Bonchev–Trinajstić information content (AvgIpc) is 3.40. The predicted molar refractivity (Wildman–Crippen MR) is 123 cm³/mol. The van der Waals surface area contributed by atoms with Crippen LogP contribution in [0.5, 0.6) is 5.75 Å². The Morgan fingerprint density at radius 2 is 1.88 bits per heavy atom. The number of methoxy groups -OCH3 is 1. The zero-order valence-corrected chi connectivity index (χ0v) is 18.5. The molecular weight excluding hydrogens is 404 g/mol. The number of rotatable bonds is 8. The van der Waals surface area contributed by atoms with Crippen LogP contribution in [0.15, 0.2) is 60.8 Å². The summed E-state index contributed by atoms with van der Waals surface area (Å²) in [6.45, 7) is 2.98. The van der Waals surface area contributed by atoms with E-state index in [4.69, 9.17) is 4.74 Å². The molecule has 1 aromatic heterocycles. The van der Waals surface area contributed by atoms with Crippen molar-refractivity contribution in [2.24, 2.45) is 5.92 Å². The first-order valence-corrected chi connectivity index (χ1v) is 10.9. The second kappa shape index (κ2) is 9.68. The molecule has 32 heavy (non-hydrogen) atoms. The summed E-state index contributed by atoms with van der Waals surface area (Å²) in [6, 6.07) is 17.3. The van der Waals surface area contributed by atoms with E-state index in [0.29, 0.717) is 13.1 Å². The summed E-state index contributed by atoms with van der Waals surface area (Å²) in [4.78, 5) is 26.7. The predicted octanol–water partition coefficient (Wildman–Crippen LogP) is 3.29. The van der Waals surface area contributed by atoms with E-state index in [-0.39, 0.29) is 24.2 Å². The Morgan fingerprint density at radius 1 is 1.12 bits per heavy atom. The van der Waals surface area contributed by atoms with E-state index < -0.39 is 0 Å². The molecule has 1 saturated heterocycles. The van der Waals surface area contributed by atoms with Gasteiger partial charge in [-0.1, -0.05) is 18.2 Å². The molecule has 0 saturated carbocycles. The van der Waals surface area contributed by atoms with Gasteiger partial charge in [0.1, 0.15) is 5.75 Å². The first kappa shape index (κ1) is 21.6. The Bertz CT molecular complexity index is 1080. The Labute approximate surface area is 188 Å². The van der Waals surface area contributed by atoms with Crippen LogP contribution in [-0.2, 0) is 16.0 Å². The van der Waals surface area contributed by atoms with Crippen molar-refractivity contribution in [3.8, 4) is 11.4 Å². The molecule has 1 N–H and O–H groups in total. The van der Waals surface area contributed by atoms with Crippen molar-refractivity contribution >= 4 is 17.5 Å². The van der Waals surface area contributed by atoms with Gasteiger partial charge in [-0.25, -0.2) is 4.68 Å². The van der Waals surface area contributed by atoms with Gasteiger partial charge >= 0.3 is 0 Å². The second-order valence-corrected chi connectivity index (χ2v) is 8.02. The number of anilines is 1. The quantitative estimate of drug-likeness (QED) is 0.554. The molecule has 4 rings (SSSR count). The second-order valence-electron chi connectivity index (χ2n) is 8.02. The maximum Gasteiger partial charge on any atom is 0.227 e. The van der Waals surface area contributed by atoms with Crippen molar-refractivity contribution in [3.63, 3.8) is 0 Å². The number of amides is 2. The zero-order chi connectivity index (χ0) is 22.5. The standard InChI is InChI=1S/C25H28N4O3/c1-18-19(17-29(27-18)22-8-4-3-5-9-22)7-6-14-26-25(31)20-15-24(30)28(16-20)21-10-12-23(32-2)13-11-21/h3-5,8-13,17,20H,6-7,14-16H2,1-2H3,(H,26,31)/t20-/m0/s1. The van der Waals surface area contributed by atoms with E-state index in [9.17, 15) is 9.59 Å². The lowest BCUT2D eigenvalue weighted by Crippen LogP contribution is -2.33. The van der Waals surface area contributed by atoms with Crippen LogP contribution in [0.2, 0.25) is 0 Å². The van der Waals surface area contributed by atoms with Crippen LogP contribution in [0.3, 0.4) is 0 Å². The minimum absolute atomic E-state index is 0.0285. The summed E-state index contributed by atoms with van der Waals surface area (Å²) >= 11 is 0. The number of nitrogens with zero attached hydrogens (tertiary/aromatic N) is 3. The van der Waals surface area contributed by atoms with Crippen molar-refractivity contribution in [2.45, 2.75) is 26.2 Å². The number of ether oxygens (including phenoxy) is 1. The molecule has 2 amide bonds. The highest BCUT2D eigenvalue weighted by atomic mass is 16.5. The van der Waals surface area contributed by atoms with Crippen molar-refractivity contribution < 1.29 is 14.3 Å². The van der Waals surface area contributed by atoms with Gasteiger partial charge in [-0.15, -0.1) is 0 Å². The van der Waals surface area contributed by atoms with Gasteiger partial charge in [0.2, 0.25) is 11.8 Å². The number of aryl methyl sites for hydroxylation is 2. The monoisotopic (exact) mass is 432 g/mol. The fraction of sp³-hybridized carbons (Fsp3) is 0.320. The number of para-hydroxylation sites is 1. The lowest BCUT2D eigenvalue weighted by Gasteiger charge is -2.17. The molecule has 0 aliphatic carbocycles. The molecular formula is C25H28N4O3. The first-order chi connectivity index (χ1) is 15.5. The van der Waals surface area contributed by atoms with Gasteiger partial charge < -0.3 is 15.0 Å². The van der Waals surface area contributed by atoms with E-state index in [0.717, 1.165) is 35.7 Å². The van der Waals surface area contributed by atoms with E-state index in [2.05, 4.69) is 16.6 Å². The number of carbonyl (C=O) groups is 2. The molecule has 0 unspecified atom stereocenters. The van der Waals surface area contributed by atoms with E-state index in [1.807, 2.05) is 66.2 Å². The van der Waals surface area contributed by atoms with Gasteiger partial charge in [-0.2, -0.15) is 5.10 Å². The fourth-order valence-corrected chi connectivity index (χ4v) is 3.98. The molecule has 2 heterocycles. The van der Waals surface area contributed by atoms with E-state index in [1.165, 1.54) is 5.56 Å². The minimum atomic E-state index is -0.327. The highest BCUT2D eigenvalue weighted by Crippen LogP contribution is 2.27. The largest absolute Gasteiger partial charge is 0.497 e. The normalized spacial score (nSPS) is 15.8. The molecule has 2 aromatic carbocycles. The van der Waals surface area contributed by atoms with Crippen LogP contribution < -0.4 is 15.0 Å². The summed E-state index contributed by atoms with van der Waals surface area (Å²) in [7, 11) is 1.60. The maximum absolute atomic E-state index is 12.6. The summed E-state index contributed by atoms with van der Waals surface area (Å²) in [5, 5.41) is 7.59. The lowest BCUT2D eigenvalue weighted by molar-refractivity contribution is -0.126. The summed E-state index contributed by atoms with van der Waals surface area (Å²) in [5.41, 5.74) is 3.99. The van der Waals surface area contributed by atoms with Crippen molar-refractivity contribution in [1.29, 1.82) is 0 Å². The van der Waals surface area contributed by atoms with Gasteiger partial charge in [-0.05, 0) is 61.7 Å². The Balaban J connectivity index is 1.26. The molecule has 0 spiro atoms.